The summed E-state index contributed by atoms with van der Waals surface area (Å²) < 4.78 is 13.9. The molecule has 21 heavy (non-hydrogen) atoms. The molecule has 0 saturated heterocycles. The zero-order chi connectivity index (χ0) is 15.4. The van der Waals surface area contributed by atoms with Gasteiger partial charge in [-0.1, -0.05) is 23.7 Å². The number of hydrogen-bond acceptors (Lipinski definition) is 4. The SMILES string of the molecule is CC(NC(=O)c1ccnc(NN)c1F)c1ccc(Cl)cc1. The van der Waals surface area contributed by atoms with Crippen molar-refractivity contribution >= 4 is 23.3 Å². The van der Waals surface area contributed by atoms with E-state index in [0.717, 1.165) is 5.56 Å². The van der Waals surface area contributed by atoms with Crippen LogP contribution in [0.3, 0.4) is 0 Å². The first kappa shape index (κ1) is 15.2. The molecule has 0 saturated carbocycles. The first-order chi connectivity index (χ1) is 10.0. The number of halogens is 2. The van der Waals surface area contributed by atoms with Crippen LogP contribution in [0.25, 0.3) is 0 Å². The molecular formula is C14H14ClFN4O. The predicted octanol–water partition coefficient (Wildman–Crippen LogP) is 2.65. The average Bonchev–Trinajstić information content (AvgIpc) is 2.48. The molecule has 1 aromatic heterocycles. The largest absolute Gasteiger partial charge is 0.345 e. The number of nitrogens with two attached hydrogens (primary N) is 1. The molecule has 1 heterocycles. The Bertz CT molecular complexity index is 648. The molecule has 0 spiro atoms. The molecule has 0 aliphatic rings. The van der Waals surface area contributed by atoms with Crippen molar-refractivity contribution in [3.63, 3.8) is 0 Å². The molecule has 5 nitrogen and oxygen atoms in total. The summed E-state index contributed by atoms with van der Waals surface area (Å²) in [5, 5.41) is 3.31. The van der Waals surface area contributed by atoms with Crippen molar-refractivity contribution < 1.29 is 9.18 Å². The molecule has 110 valence electrons. The van der Waals surface area contributed by atoms with Gasteiger partial charge >= 0.3 is 0 Å². The minimum absolute atomic E-state index is 0.126. The highest BCUT2D eigenvalue weighted by Gasteiger charge is 2.17. The molecular weight excluding hydrogens is 295 g/mol. The number of pyridine rings is 1. The molecule has 0 fully saturated rings. The standard InChI is InChI=1S/C14H14ClFN4O/c1-8(9-2-4-10(15)5-3-9)19-14(21)11-6-7-18-13(20-17)12(11)16/h2-8H,17H2,1H3,(H,18,20)(H,19,21). The molecule has 1 atom stereocenters. The summed E-state index contributed by atoms with van der Waals surface area (Å²) in [6.45, 7) is 1.79. The van der Waals surface area contributed by atoms with E-state index in [1.807, 2.05) is 0 Å². The van der Waals surface area contributed by atoms with Crippen LogP contribution < -0.4 is 16.6 Å². The minimum atomic E-state index is -0.791. The van der Waals surface area contributed by atoms with Crippen molar-refractivity contribution in [2.45, 2.75) is 13.0 Å². The Balaban J connectivity index is 2.16. The van der Waals surface area contributed by atoms with E-state index in [2.05, 4.69) is 15.7 Å². The minimum Gasteiger partial charge on any atom is -0.345 e. The lowest BCUT2D eigenvalue weighted by atomic mass is 10.1. The molecule has 0 radical (unpaired) electrons. The summed E-state index contributed by atoms with van der Waals surface area (Å²) in [6.07, 6.45) is 1.31. The molecule has 1 aromatic carbocycles. The zero-order valence-corrected chi connectivity index (χ0v) is 12.0. The van der Waals surface area contributed by atoms with E-state index in [9.17, 15) is 9.18 Å². The van der Waals surface area contributed by atoms with Gasteiger partial charge in [0.1, 0.15) is 0 Å². The highest BCUT2D eigenvalue weighted by atomic mass is 35.5. The molecule has 0 aliphatic carbocycles. The number of nitrogens with zero attached hydrogens (tertiary/aromatic N) is 1. The van der Waals surface area contributed by atoms with Crippen LogP contribution in [0.1, 0.15) is 28.9 Å². The number of anilines is 1. The van der Waals surface area contributed by atoms with Crippen LogP contribution in [0.15, 0.2) is 36.5 Å². The molecule has 2 aromatic rings. The Morgan fingerprint density at radius 3 is 2.62 bits per heavy atom. The molecule has 7 heteroatoms. The number of hydrazine groups is 1. The monoisotopic (exact) mass is 308 g/mol. The number of aromatic nitrogens is 1. The fraction of sp³-hybridized carbons (Fsp3) is 0.143. The fourth-order valence-electron chi connectivity index (χ4n) is 1.83. The van der Waals surface area contributed by atoms with Crippen LogP contribution in [0.2, 0.25) is 5.02 Å². The number of nitrogen functional groups attached to an aromatic ring is 1. The summed E-state index contributed by atoms with van der Waals surface area (Å²) in [5.74, 6) is 3.61. The zero-order valence-electron chi connectivity index (χ0n) is 11.2. The number of carbonyl (C=O) groups excluding carboxylic acids is 1. The van der Waals surface area contributed by atoms with Crippen LogP contribution in [-0.4, -0.2) is 10.9 Å². The number of benzene rings is 1. The Kier molecular flexibility index (Phi) is 4.72. The third-order valence-electron chi connectivity index (χ3n) is 2.99. The number of amides is 1. The third kappa shape index (κ3) is 3.48. The lowest BCUT2D eigenvalue weighted by molar-refractivity contribution is 0.0936. The Morgan fingerprint density at radius 1 is 1.33 bits per heavy atom. The second-order valence-electron chi connectivity index (χ2n) is 4.41. The van der Waals surface area contributed by atoms with E-state index < -0.39 is 11.7 Å². The quantitative estimate of drug-likeness (QED) is 0.599. The predicted molar refractivity (Wildman–Crippen MR) is 79.3 cm³/mol. The molecule has 1 amide bonds. The van der Waals surface area contributed by atoms with Crippen molar-refractivity contribution in [3.8, 4) is 0 Å². The maximum Gasteiger partial charge on any atom is 0.254 e. The van der Waals surface area contributed by atoms with Crippen molar-refractivity contribution in [2.24, 2.45) is 5.84 Å². The van der Waals surface area contributed by atoms with Gasteiger partial charge in [0.2, 0.25) is 0 Å². The lowest BCUT2D eigenvalue weighted by Crippen LogP contribution is -2.28. The van der Waals surface area contributed by atoms with Gasteiger partial charge in [0.05, 0.1) is 11.6 Å². The van der Waals surface area contributed by atoms with Gasteiger partial charge in [-0.05, 0) is 30.7 Å². The molecule has 1 unspecified atom stereocenters. The van der Waals surface area contributed by atoms with E-state index in [-0.39, 0.29) is 17.4 Å². The first-order valence-electron chi connectivity index (χ1n) is 6.20. The van der Waals surface area contributed by atoms with Crippen LogP contribution in [0, 0.1) is 5.82 Å². The second kappa shape index (κ2) is 6.51. The first-order valence-corrected chi connectivity index (χ1v) is 6.58. The van der Waals surface area contributed by atoms with Crippen LogP contribution >= 0.6 is 11.6 Å². The normalized spacial score (nSPS) is 11.8. The molecule has 2 rings (SSSR count). The number of hydrogen-bond donors (Lipinski definition) is 3. The van der Waals surface area contributed by atoms with E-state index >= 15 is 0 Å². The van der Waals surface area contributed by atoms with Gasteiger partial charge in [-0.2, -0.15) is 0 Å². The van der Waals surface area contributed by atoms with Gasteiger partial charge in [-0.3, -0.25) is 4.79 Å². The summed E-state index contributed by atoms with van der Waals surface area (Å²) in [4.78, 5) is 15.8. The van der Waals surface area contributed by atoms with Gasteiger partial charge in [-0.25, -0.2) is 15.2 Å². The second-order valence-corrected chi connectivity index (χ2v) is 4.85. The molecule has 0 aliphatic heterocycles. The van der Waals surface area contributed by atoms with Gasteiger partial charge in [0.15, 0.2) is 11.6 Å². The summed E-state index contributed by atoms with van der Waals surface area (Å²) >= 11 is 5.81. The van der Waals surface area contributed by atoms with Gasteiger partial charge in [0.25, 0.3) is 5.91 Å². The number of nitrogens with one attached hydrogen (secondary N) is 2. The van der Waals surface area contributed by atoms with E-state index in [1.165, 1.54) is 12.3 Å². The Morgan fingerprint density at radius 2 is 2.00 bits per heavy atom. The lowest BCUT2D eigenvalue weighted by Gasteiger charge is -2.15. The van der Waals surface area contributed by atoms with Crippen molar-refractivity contribution in [3.05, 3.63) is 58.5 Å². The van der Waals surface area contributed by atoms with Crippen LogP contribution in [0.5, 0.6) is 0 Å². The van der Waals surface area contributed by atoms with Gasteiger partial charge in [-0.15, -0.1) is 0 Å². The highest BCUT2D eigenvalue weighted by Crippen LogP contribution is 2.18. The Labute approximate surface area is 126 Å². The maximum absolute atomic E-state index is 13.9. The maximum atomic E-state index is 13.9. The van der Waals surface area contributed by atoms with Crippen LogP contribution in [0.4, 0.5) is 10.2 Å². The number of rotatable bonds is 4. The smallest absolute Gasteiger partial charge is 0.254 e. The van der Waals surface area contributed by atoms with Crippen molar-refractivity contribution in [1.82, 2.24) is 10.3 Å². The number of carbonyl (C=O) groups is 1. The third-order valence-corrected chi connectivity index (χ3v) is 3.24. The highest BCUT2D eigenvalue weighted by molar-refractivity contribution is 6.30. The van der Waals surface area contributed by atoms with E-state index in [0.29, 0.717) is 5.02 Å². The summed E-state index contributed by atoms with van der Waals surface area (Å²) in [5.41, 5.74) is 2.84. The van der Waals surface area contributed by atoms with Crippen molar-refractivity contribution in [1.29, 1.82) is 0 Å². The average molecular weight is 309 g/mol. The van der Waals surface area contributed by atoms with Gasteiger partial charge in [0, 0.05) is 11.2 Å². The Hall–Kier alpha value is -2.18. The van der Waals surface area contributed by atoms with E-state index in [1.54, 1.807) is 31.2 Å². The van der Waals surface area contributed by atoms with E-state index in [4.69, 9.17) is 17.4 Å². The summed E-state index contributed by atoms with van der Waals surface area (Å²) in [7, 11) is 0. The molecule has 0 bridgehead atoms. The topological polar surface area (TPSA) is 80.0 Å². The molecule has 4 N–H and O–H groups in total. The summed E-state index contributed by atoms with van der Waals surface area (Å²) in [6, 6.07) is 8.04. The van der Waals surface area contributed by atoms with Crippen LogP contribution in [-0.2, 0) is 0 Å². The van der Waals surface area contributed by atoms with Crippen molar-refractivity contribution in [2.75, 3.05) is 5.43 Å². The van der Waals surface area contributed by atoms with Gasteiger partial charge < -0.3 is 10.7 Å². The fourth-order valence-corrected chi connectivity index (χ4v) is 1.95.